The number of hydrogen-bond donors (Lipinski definition) is 0. The standard InChI is InChI=1S/C16H16/c1-11(2)15-8-7-14-9-12-5-3-4-6-13(12)10-16(14)15/h3-6,8-11H,7H2,1-2H3. The quantitative estimate of drug-likeness (QED) is 0.650. The second-order valence-electron chi connectivity index (χ2n) is 4.87. The Balaban J connectivity index is 2.23. The predicted octanol–water partition coefficient (Wildman–Crippen LogP) is 4.44. The molecule has 2 aromatic rings. The van der Waals surface area contributed by atoms with Crippen molar-refractivity contribution in [3.8, 4) is 0 Å². The highest BCUT2D eigenvalue weighted by Crippen LogP contribution is 2.35. The van der Waals surface area contributed by atoms with Crippen LogP contribution < -0.4 is 0 Å². The Morgan fingerprint density at radius 1 is 1.00 bits per heavy atom. The highest BCUT2D eigenvalue weighted by atomic mass is 14.2. The van der Waals surface area contributed by atoms with Gasteiger partial charge in [-0.2, -0.15) is 0 Å². The van der Waals surface area contributed by atoms with E-state index in [1.807, 2.05) is 0 Å². The van der Waals surface area contributed by atoms with Crippen LogP contribution >= 0.6 is 0 Å². The van der Waals surface area contributed by atoms with Gasteiger partial charge in [-0.05, 0) is 45.9 Å². The number of fused-ring (bicyclic) bond motifs is 2. The van der Waals surface area contributed by atoms with E-state index in [0.29, 0.717) is 5.92 Å². The van der Waals surface area contributed by atoms with Crippen molar-refractivity contribution in [3.05, 3.63) is 53.6 Å². The van der Waals surface area contributed by atoms with E-state index < -0.39 is 0 Å². The number of rotatable bonds is 1. The van der Waals surface area contributed by atoms with E-state index in [4.69, 9.17) is 0 Å². The van der Waals surface area contributed by atoms with Crippen LogP contribution in [-0.2, 0) is 6.42 Å². The van der Waals surface area contributed by atoms with Gasteiger partial charge in [0.2, 0.25) is 0 Å². The summed E-state index contributed by atoms with van der Waals surface area (Å²) < 4.78 is 0. The molecule has 2 aromatic carbocycles. The average molecular weight is 208 g/mol. The fraction of sp³-hybridized carbons (Fsp3) is 0.250. The molecule has 0 bridgehead atoms. The Hall–Kier alpha value is -1.56. The molecule has 0 heterocycles. The van der Waals surface area contributed by atoms with Gasteiger partial charge < -0.3 is 0 Å². The molecule has 3 rings (SSSR count). The van der Waals surface area contributed by atoms with Crippen molar-refractivity contribution in [1.82, 2.24) is 0 Å². The van der Waals surface area contributed by atoms with Gasteiger partial charge in [0.25, 0.3) is 0 Å². The van der Waals surface area contributed by atoms with Gasteiger partial charge >= 0.3 is 0 Å². The molecule has 0 amide bonds. The van der Waals surface area contributed by atoms with Gasteiger partial charge in [0.1, 0.15) is 0 Å². The van der Waals surface area contributed by atoms with Crippen LogP contribution in [0.5, 0.6) is 0 Å². The van der Waals surface area contributed by atoms with Gasteiger partial charge in [-0.25, -0.2) is 0 Å². The topological polar surface area (TPSA) is 0 Å². The fourth-order valence-corrected chi connectivity index (χ4v) is 2.60. The number of hydrogen-bond acceptors (Lipinski definition) is 0. The van der Waals surface area contributed by atoms with E-state index in [2.05, 4.69) is 56.3 Å². The summed E-state index contributed by atoms with van der Waals surface area (Å²) in [6.45, 7) is 4.55. The molecule has 0 heteroatoms. The van der Waals surface area contributed by atoms with Crippen molar-refractivity contribution in [1.29, 1.82) is 0 Å². The predicted molar refractivity (Wildman–Crippen MR) is 70.5 cm³/mol. The van der Waals surface area contributed by atoms with Crippen molar-refractivity contribution in [2.75, 3.05) is 0 Å². The molecule has 0 nitrogen and oxygen atoms in total. The Bertz CT molecular complexity index is 574. The summed E-state index contributed by atoms with van der Waals surface area (Å²) in [6, 6.07) is 13.3. The van der Waals surface area contributed by atoms with Crippen LogP contribution in [0.25, 0.3) is 16.3 Å². The smallest absolute Gasteiger partial charge is 0.00850 e. The first-order chi connectivity index (χ1) is 7.75. The molecule has 0 aromatic heterocycles. The van der Waals surface area contributed by atoms with Crippen LogP contribution in [0.4, 0.5) is 0 Å². The molecular formula is C16H16. The maximum absolute atomic E-state index is 2.38. The van der Waals surface area contributed by atoms with Crippen molar-refractivity contribution in [3.63, 3.8) is 0 Å². The second kappa shape index (κ2) is 3.48. The Morgan fingerprint density at radius 3 is 2.38 bits per heavy atom. The maximum atomic E-state index is 2.38. The summed E-state index contributed by atoms with van der Waals surface area (Å²) in [7, 11) is 0. The van der Waals surface area contributed by atoms with Gasteiger partial charge in [-0.3, -0.25) is 0 Å². The lowest BCUT2D eigenvalue weighted by Crippen LogP contribution is -1.92. The van der Waals surface area contributed by atoms with E-state index in [9.17, 15) is 0 Å². The molecule has 0 spiro atoms. The zero-order chi connectivity index (χ0) is 11.1. The lowest BCUT2D eigenvalue weighted by atomic mass is 9.94. The number of benzene rings is 2. The Morgan fingerprint density at radius 2 is 1.69 bits per heavy atom. The van der Waals surface area contributed by atoms with Crippen LogP contribution in [0.2, 0.25) is 0 Å². The molecule has 0 atom stereocenters. The van der Waals surface area contributed by atoms with Crippen LogP contribution in [-0.4, -0.2) is 0 Å². The molecule has 0 saturated heterocycles. The van der Waals surface area contributed by atoms with E-state index in [0.717, 1.165) is 6.42 Å². The average Bonchev–Trinajstić information content (AvgIpc) is 2.68. The lowest BCUT2D eigenvalue weighted by Gasteiger charge is -2.10. The van der Waals surface area contributed by atoms with Crippen molar-refractivity contribution in [2.45, 2.75) is 20.3 Å². The first kappa shape index (κ1) is 9.65. The molecule has 0 N–H and O–H groups in total. The minimum atomic E-state index is 0.627. The van der Waals surface area contributed by atoms with Crippen molar-refractivity contribution < 1.29 is 0 Å². The minimum absolute atomic E-state index is 0.627. The molecule has 0 aliphatic heterocycles. The molecule has 0 saturated carbocycles. The first-order valence-corrected chi connectivity index (χ1v) is 5.98. The van der Waals surface area contributed by atoms with E-state index in [-0.39, 0.29) is 0 Å². The third-order valence-electron chi connectivity index (χ3n) is 3.45. The first-order valence-electron chi connectivity index (χ1n) is 5.98. The van der Waals surface area contributed by atoms with Gasteiger partial charge in [0.05, 0.1) is 0 Å². The Kier molecular flexibility index (Phi) is 2.10. The summed E-state index contributed by atoms with van der Waals surface area (Å²) in [5.74, 6) is 0.627. The fourth-order valence-electron chi connectivity index (χ4n) is 2.60. The summed E-state index contributed by atoms with van der Waals surface area (Å²) >= 11 is 0. The minimum Gasteiger partial charge on any atom is -0.0760 e. The summed E-state index contributed by atoms with van der Waals surface area (Å²) in [5.41, 5.74) is 4.47. The molecule has 0 fully saturated rings. The van der Waals surface area contributed by atoms with Crippen molar-refractivity contribution >= 4 is 16.3 Å². The normalized spacial score (nSPS) is 14.3. The monoisotopic (exact) mass is 208 g/mol. The lowest BCUT2D eigenvalue weighted by molar-refractivity contribution is 0.857. The maximum Gasteiger partial charge on any atom is -0.00850 e. The molecule has 80 valence electrons. The third kappa shape index (κ3) is 1.37. The molecule has 1 aliphatic rings. The molecular weight excluding hydrogens is 192 g/mol. The van der Waals surface area contributed by atoms with Gasteiger partial charge in [0, 0.05) is 0 Å². The van der Waals surface area contributed by atoms with Crippen LogP contribution in [0.3, 0.4) is 0 Å². The zero-order valence-electron chi connectivity index (χ0n) is 9.83. The summed E-state index contributed by atoms with van der Waals surface area (Å²) in [5, 5.41) is 2.72. The molecule has 0 radical (unpaired) electrons. The third-order valence-corrected chi connectivity index (χ3v) is 3.45. The summed E-state index contributed by atoms with van der Waals surface area (Å²) in [4.78, 5) is 0. The SMILES string of the molecule is CC(C)C1=CCc2cc3ccccc3cc21. The number of allylic oxidation sites excluding steroid dienone is 2. The van der Waals surface area contributed by atoms with Crippen molar-refractivity contribution in [2.24, 2.45) is 5.92 Å². The van der Waals surface area contributed by atoms with E-state index in [1.54, 1.807) is 0 Å². The molecule has 16 heavy (non-hydrogen) atoms. The Labute approximate surface area is 96.6 Å². The van der Waals surface area contributed by atoms with E-state index in [1.165, 1.54) is 27.5 Å². The van der Waals surface area contributed by atoms with Gasteiger partial charge in [0.15, 0.2) is 0 Å². The van der Waals surface area contributed by atoms with Gasteiger partial charge in [-0.15, -0.1) is 0 Å². The van der Waals surface area contributed by atoms with E-state index >= 15 is 0 Å². The highest BCUT2D eigenvalue weighted by molar-refractivity contribution is 5.89. The van der Waals surface area contributed by atoms with Gasteiger partial charge in [-0.1, -0.05) is 50.3 Å². The summed E-state index contributed by atoms with van der Waals surface area (Å²) in [6.07, 6.45) is 3.49. The second-order valence-corrected chi connectivity index (χ2v) is 4.87. The largest absolute Gasteiger partial charge is 0.0760 e. The highest BCUT2D eigenvalue weighted by Gasteiger charge is 2.16. The zero-order valence-corrected chi connectivity index (χ0v) is 9.83. The van der Waals surface area contributed by atoms with Crippen LogP contribution in [0, 0.1) is 5.92 Å². The molecule has 1 aliphatic carbocycles. The van der Waals surface area contributed by atoms with Crippen LogP contribution in [0.15, 0.2) is 42.5 Å². The van der Waals surface area contributed by atoms with Crippen LogP contribution in [0.1, 0.15) is 25.0 Å². The molecule has 0 unspecified atom stereocenters.